The van der Waals surface area contributed by atoms with Gasteiger partial charge in [-0.3, -0.25) is 4.79 Å². The average molecular weight is 274 g/mol. The number of aromatic nitrogens is 3. The van der Waals surface area contributed by atoms with Gasteiger partial charge in [0.1, 0.15) is 12.7 Å². The summed E-state index contributed by atoms with van der Waals surface area (Å²) in [6.45, 7) is 1.53. The first-order valence-corrected chi connectivity index (χ1v) is 7.27. The molecule has 0 atom stereocenters. The summed E-state index contributed by atoms with van der Waals surface area (Å²) in [6.07, 6.45) is 3.20. The second-order valence-electron chi connectivity index (χ2n) is 4.40. The maximum atomic E-state index is 12.2. The van der Waals surface area contributed by atoms with Crippen LogP contribution in [0.2, 0.25) is 0 Å². The van der Waals surface area contributed by atoms with Crippen molar-refractivity contribution in [3.63, 3.8) is 0 Å². The molecule has 0 N–H and O–H groups in total. The number of hydrogen-bond acceptors (Lipinski definition) is 4. The fourth-order valence-corrected chi connectivity index (χ4v) is 2.96. The maximum absolute atomic E-state index is 12.2. The Labute approximate surface area is 115 Å². The fraction of sp³-hybridized carbons (Fsp3) is 0.308. The van der Waals surface area contributed by atoms with Gasteiger partial charge in [-0.1, -0.05) is 12.1 Å². The summed E-state index contributed by atoms with van der Waals surface area (Å²) < 4.78 is 1.76. The topological polar surface area (TPSA) is 51.0 Å². The Bertz CT molecular complexity index is 547. The predicted molar refractivity (Wildman–Crippen MR) is 73.9 cm³/mol. The molecule has 5 nitrogen and oxygen atoms in total. The van der Waals surface area contributed by atoms with Gasteiger partial charge in [-0.05, 0) is 17.7 Å². The Balaban J connectivity index is 1.69. The number of rotatable bonds is 3. The molecule has 3 rings (SSSR count). The minimum atomic E-state index is 0.123. The number of carbonyl (C=O) groups excluding carboxylic acids is 1. The highest BCUT2D eigenvalue weighted by atomic mass is 32.2. The highest BCUT2D eigenvalue weighted by Gasteiger charge is 2.19. The fourth-order valence-electron chi connectivity index (χ4n) is 2.01. The van der Waals surface area contributed by atoms with Crippen molar-refractivity contribution >= 4 is 17.7 Å². The smallest absolute Gasteiger partial charge is 0.254 e. The van der Waals surface area contributed by atoms with E-state index in [9.17, 15) is 4.79 Å². The van der Waals surface area contributed by atoms with E-state index < -0.39 is 0 Å². The Morgan fingerprint density at radius 2 is 2.16 bits per heavy atom. The third kappa shape index (κ3) is 2.78. The van der Waals surface area contributed by atoms with E-state index in [0.29, 0.717) is 6.54 Å². The van der Waals surface area contributed by atoms with Gasteiger partial charge in [-0.25, -0.2) is 9.67 Å². The number of benzene rings is 1. The van der Waals surface area contributed by atoms with Gasteiger partial charge >= 0.3 is 0 Å². The zero-order valence-corrected chi connectivity index (χ0v) is 11.2. The van der Waals surface area contributed by atoms with Crippen LogP contribution in [-0.2, 0) is 6.54 Å². The molecule has 0 aliphatic carbocycles. The van der Waals surface area contributed by atoms with E-state index in [4.69, 9.17) is 0 Å². The van der Waals surface area contributed by atoms with Crippen molar-refractivity contribution in [2.45, 2.75) is 6.54 Å². The van der Waals surface area contributed by atoms with Gasteiger partial charge in [-0.2, -0.15) is 5.10 Å². The largest absolute Gasteiger partial charge is 0.329 e. The van der Waals surface area contributed by atoms with E-state index in [1.165, 1.54) is 6.33 Å². The second kappa shape index (κ2) is 5.44. The molecule has 6 heteroatoms. The van der Waals surface area contributed by atoms with Crippen LogP contribution in [0.4, 0.5) is 0 Å². The third-order valence-electron chi connectivity index (χ3n) is 3.05. The van der Waals surface area contributed by atoms with Crippen molar-refractivity contribution < 1.29 is 4.79 Å². The lowest BCUT2D eigenvalue weighted by molar-refractivity contribution is 0.0802. The van der Waals surface area contributed by atoms with Crippen LogP contribution in [0.5, 0.6) is 0 Å². The van der Waals surface area contributed by atoms with E-state index in [1.54, 1.807) is 22.8 Å². The average Bonchev–Trinajstić information content (AvgIpc) is 3.12. The molecule has 0 spiro atoms. The SMILES string of the molecule is O=C(c1ccc(Cn2cncn2)cc1)N1CCSC1. The first kappa shape index (κ1) is 12.2. The number of carbonyl (C=O) groups is 1. The van der Waals surface area contributed by atoms with Gasteiger partial charge in [0, 0.05) is 17.9 Å². The van der Waals surface area contributed by atoms with Crippen LogP contribution in [0.1, 0.15) is 15.9 Å². The van der Waals surface area contributed by atoms with E-state index in [1.807, 2.05) is 29.2 Å². The summed E-state index contributed by atoms with van der Waals surface area (Å²) in [6, 6.07) is 7.71. The Hall–Kier alpha value is -1.82. The molecule has 1 saturated heterocycles. The Kier molecular flexibility index (Phi) is 3.50. The Morgan fingerprint density at radius 3 is 2.79 bits per heavy atom. The molecule has 2 heterocycles. The standard InChI is InChI=1S/C13H14N4OS/c18-13(16-5-6-19-10-16)12-3-1-11(2-4-12)7-17-9-14-8-15-17/h1-4,8-9H,5-7,10H2. The highest BCUT2D eigenvalue weighted by molar-refractivity contribution is 7.99. The third-order valence-corrected chi connectivity index (χ3v) is 4.02. The van der Waals surface area contributed by atoms with Crippen molar-refractivity contribution in [1.29, 1.82) is 0 Å². The number of amides is 1. The van der Waals surface area contributed by atoms with Crippen LogP contribution in [0, 0.1) is 0 Å². The minimum absolute atomic E-state index is 0.123. The van der Waals surface area contributed by atoms with Crippen LogP contribution in [-0.4, -0.2) is 43.7 Å². The van der Waals surface area contributed by atoms with Gasteiger partial charge in [-0.15, -0.1) is 11.8 Å². The second-order valence-corrected chi connectivity index (χ2v) is 5.47. The molecule has 1 aromatic heterocycles. The number of thioether (sulfide) groups is 1. The van der Waals surface area contributed by atoms with Crippen molar-refractivity contribution in [2.24, 2.45) is 0 Å². The van der Waals surface area contributed by atoms with E-state index >= 15 is 0 Å². The molecule has 98 valence electrons. The summed E-state index contributed by atoms with van der Waals surface area (Å²) in [5, 5.41) is 4.06. The van der Waals surface area contributed by atoms with Crippen molar-refractivity contribution in [3.8, 4) is 0 Å². The van der Waals surface area contributed by atoms with Crippen LogP contribution in [0.3, 0.4) is 0 Å². The molecule has 0 radical (unpaired) electrons. The van der Waals surface area contributed by atoms with Crippen LogP contribution in [0.15, 0.2) is 36.9 Å². The normalized spacial score (nSPS) is 14.8. The molecule has 1 aliphatic rings. The molecule has 1 fully saturated rings. The van der Waals surface area contributed by atoms with Crippen LogP contribution in [0.25, 0.3) is 0 Å². The molecule has 2 aromatic rings. The van der Waals surface area contributed by atoms with Crippen molar-refractivity contribution in [2.75, 3.05) is 18.2 Å². The number of hydrogen-bond donors (Lipinski definition) is 0. The first-order chi connectivity index (χ1) is 9.33. The summed E-state index contributed by atoms with van der Waals surface area (Å²) in [5.41, 5.74) is 1.86. The molecule has 19 heavy (non-hydrogen) atoms. The summed E-state index contributed by atoms with van der Waals surface area (Å²) in [7, 11) is 0. The van der Waals surface area contributed by atoms with Gasteiger partial charge < -0.3 is 4.90 Å². The molecular formula is C13H14N4OS. The van der Waals surface area contributed by atoms with E-state index in [0.717, 1.165) is 29.3 Å². The van der Waals surface area contributed by atoms with Crippen molar-refractivity contribution in [1.82, 2.24) is 19.7 Å². The van der Waals surface area contributed by atoms with Gasteiger partial charge in [0.05, 0.1) is 12.4 Å². The number of nitrogens with zero attached hydrogens (tertiary/aromatic N) is 4. The molecule has 0 saturated carbocycles. The predicted octanol–water partition coefficient (Wildman–Crippen LogP) is 1.47. The van der Waals surface area contributed by atoms with Crippen molar-refractivity contribution in [3.05, 3.63) is 48.0 Å². The summed E-state index contributed by atoms with van der Waals surface area (Å²) in [4.78, 5) is 18.0. The van der Waals surface area contributed by atoms with Crippen LogP contribution >= 0.6 is 11.8 Å². The summed E-state index contributed by atoms with van der Waals surface area (Å²) in [5.74, 6) is 1.97. The maximum Gasteiger partial charge on any atom is 0.254 e. The van der Waals surface area contributed by atoms with E-state index in [-0.39, 0.29) is 5.91 Å². The minimum Gasteiger partial charge on any atom is -0.329 e. The van der Waals surface area contributed by atoms with Gasteiger partial charge in [0.15, 0.2) is 0 Å². The molecule has 0 unspecified atom stereocenters. The molecule has 1 aliphatic heterocycles. The van der Waals surface area contributed by atoms with E-state index in [2.05, 4.69) is 10.1 Å². The van der Waals surface area contributed by atoms with Gasteiger partial charge in [0.25, 0.3) is 5.91 Å². The van der Waals surface area contributed by atoms with Crippen LogP contribution < -0.4 is 0 Å². The highest BCUT2D eigenvalue weighted by Crippen LogP contribution is 2.17. The zero-order valence-electron chi connectivity index (χ0n) is 10.4. The first-order valence-electron chi connectivity index (χ1n) is 6.11. The lowest BCUT2D eigenvalue weighted by Gasteiger charge is -2.14. The summed E-state index contributed by atoms with van der Waals surface area (Å²) >= 11 is 1.80. The zero-order chi connectivity index (χ0) is 13.1. The quantitative estimate of drug-likeness (QED) is 0.850. The molecular weight excluding hydrogens is 260 g/mol. The lowest BCUT2D eigenvalue weighted by Crippen LogP contribution is -2.27. The molecule has 0 bridgehead atoms. The molecule has 1 aromatic carbocycles. The monoisotopic (exact) mass is 274 g/mol. The van der Waals surface area contributed by atoms with Gasteiger partial charge in [0.2, 0.25) is 0 Å². The lowest BCUT2D eigenvalue weighted by atomic mass is 10.1. The molecule has 1 amide bonds. The Morgan fingerprint density at radius 1 is 1.32 bits per heavy atom.